The van der Waals surface area contributed by atoms with Crippen molar-refractivity contribution in [1.82, 2.24) is 10.2 Å². The fourth-order valence-corrected chi connectivity index (χ4v) is 3.89. The van der Waals surface area contributed by atoms with Crippen LogP contribution in [0.5, 0.6) is 5.75 Å². The van der Waals surface area contributed by atoms with Crippen molar-refractivity contribution in [2.24, 2.45) is 5.92 Å². The molecule has 4 rings (SSSR count). The Kier molecular flexibility index (Phi) is 7.20. The smallest absolute Gasteiger partial charge is 0.258 e. The number of benzene rings is 2. The number of hydrogen-bond donors (Lipinski definition) is 2. The topological polar surface area (TPSA) is 70.7 Å². The van der Waals surface area contributed by atoms with Gasteiger partial charge < -0.3 is 15.4 Å². The number of nitrogens with zero attached hydrogens (tertiary/aromatic N) is 1. The van der Waals surface area contributed by atoms with Crippen LogP contribution in [-0.4, -0.2) is 36.4 Å². The predicted octanol–water partition coefficient (Wildman–Crippen LogP) is 3.72. The van der Waals surface area contributed by atoms with Crippen LogP contribution in [0, 0.1) is 5.92 Å². The van der Waals surface area contributed by atoms with E-state index in [0.29, 0.717) is 18.0 Å². The zero-order chi connectivity index (χ0) is 21.5. The van der Waals surface area contributed by atoms with Crippen molar-refractivity contribution in [1.29, 1.82) is 0 Å². The van der Waals surface area contributed by atoms with Gasteiger partial charge in [-0.1, -0.05) is 36.8 Å². The van der Waals surface area contributed by atoms with Gasteiger partial charge in [0.05, 0.1) is 0 Å². The summed E-state index contributed by atoms with van der Waals surface area (Å²) >= 11 is 0. The third-order valence-electron chi connectivity index (χ3n) is 5.86. The summed E-state index contributed by atoms with van der Waals surface area (Å²) in [6.45, 7) is 3.66. The molecule has 0 atom stereocenters. The van der Waals surface area contributed by atoms with Gasteiger partial charge in [-0.25, -0.2) is 0 Å². The molecule has 1 saturated carbocycles. The molecule has 164 valence electrons. The number of piperidine rings is 1. The Hall–Kier alpha value is -2.86. The van der Waals surface area contributed by atoms with Gasteiger partial charge in [-0.3, -0.25) is 14.5 Å². The fraction of sp³-hybridized carbons (Fsp3) is 0.440. The summed E-state index contributed by atoms with van der Waals surface area (Å²) in [5.74, 6) is 0.598. The van der Waals surface area contributed by atoms with E-state index in [2.05, 4.69) is 33.7 Å². The molecule has 2 aliphatic rings. The highest BCUT2D eigenvalue weighted by atomic mass is 16.5. The molecule has 0 spiro atoms. The largest absolute Gasteiger partial charge is 0.484 e. The van der Waals surface area contributed by atoms with Gasteiger partial charge in [-0.2, -0.15) is 0 Å². The second-order valence-electron chi connectivity index (χ2n) is 8.46. The molecule has 2 fully saturated rings. The number of amides is 2. The zero-order valence-electron chi connectivity index (χ0n) is 17.9. The Bertz CT molecular complexity index is 904. The number of hydrogen-bond acceptors (Lipinski definition) is 4. The first-order valence-electron chi connectivity index (χ1n) is 11.3. The number of nitrogens with one attached hydrogen (secondary N) is 2. The fourth-order valence-electron chi connectivity index (χ4n) is 3.89. The molecule has 0 unspecified atom stereocenters. The van der Waals surface area contributed by atoms with E-state index in [0.717, 1.165) is 38.0 Å². The maximum absolute atomic E-state index is 12.3. The number of rotatable bonds is 9. The van der Waals surface area contributed by atoms with Crippen molar-refractivity contribution in [3.8, 4) is 5.75 Å². The van der Waals surface area contributed by atoms with Crippen LogP contribution in [0.2, 0.25) is 0 Å². The number of carbonyl (C=O) groups is 2. The second kappa shape index (κ2) is 10.4. The number of ether oxygens (including phenoxy) is 1. The van der Waals surface area contributed by atoms with Crippen molar-refractivity contribution in [3.05, 3.63) is 59.7 Å². The third kappa shape index (κ3) is 6.56. The lowest BCUT2D eigenvalue weighted by Crippen LogP contribution is -2.31. The average molecular weight is 422 g/mol. The number of carbonyl (C=O) groups excluding carboxylic acids is 2. The lowest BCUT2D eigenvalue weighted by atomic mass is 10.0. The summed E-state index contributed by atoms with van der Waals surface area (Å²) in [5, 5.41) is 5.86. The normalized spacial score (nSPS) is 16.5. The van der Waals surface area contributed by atoms with Crippen molar-refractivity contribution < 1.29 is 14.3 Å². The van der Waals surface area contributed by atoms with Crippen LogP contribution in [0.3, 0.4) is 0 Å². The lowest BCUT2D eigenvalue weighted by Gasteiger charge is -2.27. The molecule has 0 aromatic heterocycles. The third-order valence-corrected chi connectivity index (χ3v) is 5.86. The molecule has 1 heterocycles. The molecule has 31 heavy (non-hydrogen) atoms. The van der Waals surface area contributed by atoms with Gasteiger partial charge in [-0.05, 0) is 62.0 Å². The van der Waals surface area contributed by atoms with Crippen LogP contribution in [0.1, 0.15) is 43.2 Å². The van der Waals surface area contributed by atoms with Gasteiger partial charge in [0.2, 0.25) is 5.91 Å². The van der Waals surface area contributed by atoms with Crippen LogP contribution in [0.4, 0.5) is 5.69 Å². The molecule has 1 saturated heterocycles. The van der Waals surface area contributed by atoms with Gasteiger partial charge >= 0.3 is 0 Å². The monoisotopic (exact) mass is 421 g/mol. The summed E-state index contributed by atoms with van der Waals surface area (Å²) < 4.78 is 5.63. The summed E-state index contributed by atoms with van der Waals surface area (Å²) in [6, 6.07) is 15.5. The molecular weight excluding hydrogens is 390 g/mol. The first kappa shape index (κ1) is 21.4. The van der Waals surface area contributed by atoms with Gasteiger partial charge in [0, 0.05) is 30.8 Å². The molecule has 6 heteroatoms. The number of likely N-dealkylation sites (tertiary alicyclic amines) is 1. The van der Waals surface area contributed by atoms with Crippen molar-refractivity contribution in [3.63, 3.8) is 0 Å². The maximum Gasteiger partial charge on any atom is 0.258 e. The molecule has 0 radical (unpaired) electrons. The highest BCUT2D eigenvalue weighted by molar-refractivity contribution is 5.94. The van der Waals surface area contributed by atoms with Crippen molar-refractivity contribution in [2.75, 3.05) is 25.0 Å². The second-order valence-corrected chi connectivity index (χ2v) is 8.46. The lowest BCUT2D eigenvalue weighted by molar-refractivity contribution is -0.123. The van der Waals surface area contributed by atoms with Crippen LogP contribution in [-0.2, 0) is 22.7 Å². The molecular formula is C25H31N3O3. The Morgan fingerprint density at radius 1 is 0.968 bits per heavy atom. The maximum atomic E-state index is 12.3. The first-order valence-corrected chi connectivity index (χ1v) is 11.3. The van der Waals surface area contributed by atoms with Gasteiger partial charge in [0.1, 0.15) is 5.75 Å². The number of anilines is 1. The van der Waals surface area contributed by atoms with Gasteiger partial charge in [0.15, 0.2) is 6.61 Å². The Morgan fingerprint density at radius 2 is 1.74 bits per heavy atom. The molecule has 2 N–H and O–H groups in total. The molecule has 1 aliphatic heterocycles. The van der Waals surface area contributed by atoms with Gasteiger partial charge in [-0.15, -0.1) is 0 Å². The standard InChI is InChI=1S/C25H31N3O3/c29-24(18-31-23-10-6-9-22(15-23)27-25(30)19-11-12-19)26-16-20-7-2-3-8-21(20)17-28-13-4-1-5-14-28/h2-3,6-10,15,19H,1,4-5,11-14,16-18H2,(H,26,29)(H,27,30). The minimum absolute atomic E-state index is 0.0538. The van der Waals surface area contributed by atoms with Crippen LogP contribution < -0.4 is 15.4 Å². The van der Waals surface area contributed by atoms with E-state index in [1.807, 2.05) is 18.2 Å². The minimum Gasteiger partial charge on any atom is -0.484 e. The first-order chi connectivity index (χ1) is 15.2. The molecule has 2 aromatic rings. The van der Waals surface area contributed by atoms with Crippen molar-refractivity contribution >= 4 is 17.5 Å². The summed E-state index contributed by atoms with van der Waals surface area (Å²) in [6.07, 6.45) is 5.78. The Morgan fingerprint density at radius 3 is 2.52 bits per heavy atom. The van der Waals surface area contributed by atoms with E-state index in [4.69, 9.17) is 4.74 Å². The van der Waals surface area contributed by atoms with E-state index in [-0.39, 0.29) is 24.3 Å². The highest BCUT2D eigenvalue weighted by Gasteiger charge is 2.29. The quantitative estimate of drug-likeness (QED) is 0.648. The van der Waals surface area contributed by atoms with E-state index < -0.39 is 0 Å². The Balaban J connectivity index is 1.25. The average Bonchev–Trinajstić information content (AvgIpc) is 3.64. The Labute approximate surface area is 184 Å². The highest BCUT2D eigenvalue weighted by Crippen LogP contribution is 2.30. The summed E-state index contributed by atoms with van der Waals surface area (Å²) in [4.78, 5) is 26.7. The van der Waals surface area contributed by atoms with Crippen LogP contribution >= 0.6 is 0 Å². The van der Waals surface area contributed by atoms with Gasteiger partial charge in [0.25, 0.3) is 5.91 Å². The SMILES string of the molecule is O=C(COc1cccc(NC(=O)C2CC2)c1)NCc1ccccc1CN1CCCCC1. The predicted molar refractivity (Wildman–Crippen MR) is 121 cm³/mol. The summed E-state index contributed by atoms with van der Waals surface area (Å²) in [7, 11) is 0. The van der Waals surface area contributed by atoms with Crippen LogP contribution in [0.25, 0.3) is 0 Å². The molecule has 6 nitrogen and oxygen atoms in total. The molecule has 2 amide bonds. The van der Waals surface area contributed by atoms with E-state index >= 15 is 0 Å². The zero-order valence-corrected chi connectivity index (χ0v) is 17.9. The molecule has 1 aliphatic carbocycles. The van der Waals surface area contributed by atoms with E-state index in [1.54, 1.807) is 12.1 Å². The van der Waals surface area contributed by atoms with Crippen LogP contribution in [0.15, 0.2) is 48.5 Å². The van der Waals surface area contributed by atoms with Crippen molar-refractivity contribution in [2.45, 2.75) is 45.2 Å². The minimum atomic E-state index is -0.166. The van der Waals surface area contributed by atoms with E-state index in [1.165, 1.54) is 24.8 Å². The molecule has 0 bridgehead atoms. The summed E-state index contributed by atoms with van der Waals surface area (Å²) in [5.41, 5.74) is 3.11. The molecule has 2 aromatic carbocycles. The van der Waals surface area contributed by atoms with E-state index in [9.17, 15) is 9.59 Å².